The summed E-state index contributed by atoms with van der Waals surface area (Å²) in [4.78, 5) is 25.1. The van der Waals surface area contributed by atoms with E-state index in [0.717, 1.165) is 53.7 Å². The van der Waals surface area contributed by atoms with E-state index in [1.807, 2.05) is 19.9 Å². The van der Waals surface area contributed by atoms with Crippen LogP contribution in [0.3, 0.4) is 0 Å². The lowest BCUT2D eigenvalue weighted by atomic mass is 10.2. The molecule has 0 bridgehead atoms. The number of aromatic nitrogens is 2. The molecular formula is C22H26N4O3S2. The number of anilines is 1. The van der Waals surface area contributed by atoms with Crippen molar-refractivity contribution in [3.8, 4) is 0 Å². The van der Waals surface area contributed by atoms with E-state index in [-0.39, 0.29) is 5.56 Å². The van der Waals surface area contributed by atoms with Crippen LogP contribution in [-0.4, -0.2) is 42.3 Å². The Morgan fingerprint density at radius 1 is 1.19 bits per heavy atom. The third-order valence-corrected chi connectivity index (χ3v) is 9.58. The van der Waals surface area contributed by atoms with Gasteiger partial charge in [0.15, 0.2) is 0 Å². The summed E-state index contributed by atoms with van der Waals surface area (Å²) < 4.78 is 27.2. The first kappa shape index (κ1) is 20.7. The van der Waals surface area contributed by atoms with Crippen LogP contribution in [0.15, 0.2) is 27.9 Å². The lowest BCUT2D eigenvalue weighted by Crippen LogP contribution is -2.30. The van der Waals surface area contributed by atoms with Crippen molar-refractivity contribution >= 4 is 37.3 Å². The van der Waals surface area contributed by atoms with Gasteiger partial charge in [0.2, 0.25) is 10.0 Å². The van der Waals surface area contributed by atoms with Crippen molar-refractivity contribution in [2.24, 2.45) is 0 Å². The van der Waals surface area contributed by atoms with E-state index in [1.165, 1.54) is 14.7 Å². The molecule has 1 N–H and O–H groups in total. The van der Waals surface area contributed by atoms with Crippen LogP contribution in [0.2, 0.25) is 0 Å². The second-order valence-electron chi connectivity index (χ2n) is 8.10. The van der Waals surface area contributed by atoms with Crippen molar-refractivity contribution in [2.45, 2.75) is 51.0 Å². The Hall–Kier alpha value is -2.23. The third-order valence-electron chi connectivity index (χ3n) is 6.35. The summed E-state index contributed by atoms with van der Waals surface area (Å²) in [6, 6.07) is 5.37. The van der Waals surface area contributed by atoms with Crippen molar-refractivity contribution in [1.29, 1.82) is 0 Å². The Balaban J connectivity index is 1.43. The quantitative estimate of drug-likeness (QED) is 0.614. The van der Waals surface area contributed by atoms with Crippen LogP contribution in [-0.2, 0) is 35.8 Å². The Labute approximate surface area is 185 Å². The number of rotatable bonds is 6. The second kappa shape index (κ2) is 7.72. The number of aromatic amines is 1. The van der Waals surface area contributed by atoms with Gasteiger partial charge in [-0.05, 0) is 55.0 Å². The fourth-order valence-electron chi connectivity index (χ4n) is 4.79. The van der Waals surface area contributed by atoms with Crippen LogP contribution in [0.1, 0.15) is 42.1 Å². The molecule has 0 fully saturated rings. The van der Waals surface area contributed by atoms with Crippen molar-refractivity contribution < 1.29 is 8.42 Å². The van der Waals surface area contributed by atoms with Crippen LogP contribution >= 0.6 is 11.3 Å². The normalized spacial score (nSPS) is 15.8. The lowest BCUT2D eigenvalue weighted by molar-refractivity contribution is 0.445. The molecule has 1 aliphatic carbocycles. The highest BCUT2D eigenvalue weighted by molar-refractivity contribution is 7.89. The molecule has 0 amide bonds. The first-order valence-corrected chi connectivity index (χ1v) is 13.1. The molecule has 0 atom stereocenters. The van der Waals surface area contributed by atoms with E-state index < -0.39 is 10.0 Å². The Morgan fingerprint density at radius 3 is 2.77 bits per heavy atom. The van der Waals surface area contributed by atoms with Gasteiger partial charge in [0.05, 0.1) is 16.8 Å². The van der Waals surface area contributed by atoms with Gasteiger partial charge in [0.25, 0.3) is 5.56 Å². The third kappa shape index (κ3) is 3.39. The van der Waals surface area contributed by atoms with Crippen LogP contribution in [0.25, 0.3) is 10.2 Å². The molecule has 5 rings (SSSR count). The van der Waals surface area contributed by atoms with E-state index in [4.69, 9.17) is 4.98 Å². The molecule has 7 nitrogen and oxygen atoms in total. The van der Waals surface area contributed by atoms with Crippen molar-refractivity contribution in [3.05, 3.63) is 50.4 Å². The zero-order valence-corrected chi connectivity index (χ0v) is 19.4. The Kier molecular flexibility index (Phi) is 5.15. The topological polar surface area (TPSA) is 86.4 Å². The van der Waals surface area contributed by atoms with Crippen molar-refractivity contribution in [2.75, 3.05) is 24.5 Å². The smallest absolute Gasteiger partial charge is 0.259 e. The molecule has 1 aliphatic heterocycles. The molecule has 1 aromatic carbocycles. The summed E-state index contributed by atoms with van der Waals surface area (Å²) in [5.74, 6) is 0.658. The molecule has 2 aromatic heterocycles. The fourth-order valence-corrected chi connectivity index (χ4v) is 7.58. The fraction of sp³-hybridized carbons (Fsp3) is 0.455. The average Bonchev–Trinajstić information content (AvgIpc) is 3.43. The summed E-state index contributed by atoms with van der Waals surface area (Å²) in [7, 11) is -3.47. The zero-order chi connectivity index (χ0) is 21.8. The first-order valence-electron chi connectivity index (χ1n) is 10.8. The number of hydrogen-bond acceptors (Lipinski definition) is 6. The number of hydrogen-bond donors (Lipinski definition) is 1. The predicted molar refractivity (Wildman–Crippen MR) is 124 cm³/mol. The lowest BCUT2D eigenvalue weighted by Gasteiger charge is -2.21. The molecule has 164 valence electrons. The highest BCUT2D eigenvalue weighted by Crippen LogP contribution is 2.35. The number of sulfonamides is 1. The van der Waals surface area contributed by atoms with Crippen molar-refractivity contribution in [3.63, 3.8) is 0 Å². The average molecular weight is 459 g/mol. The van der Waals surface area contributed by atoms with Gasteiger partial charge in [-0.2, -0.15) is 4.31 Å². The summed E-state index contributed by atoms with van der Waals surface area (Å²) >= 11 is 1.65. The molecule has 3 aromatic rings. The van der Waals surface area contributed by atoms with Gasteiger partial charge < -0.3 is 9.88 Å². The molecule has 2 aliphatic rings. The largest absolute Gasteiger partial charge is 0.364 e. The molecule has 3 heterocycles. The SMILES string of the molecule is CCN(CC)S(=O)(=O)c1ccc2c(c1)CCN2Cc1nc2sc3c(c2c(=O)[nH]1)CCC3. The highest BCUT2D eigenvalue weighted by atomic mass is 32.2. The van der Waals surface area contributed by atoms with E-state index in [9.17, 15) is 13.2 Å². The standard InChI is InChI=1S/C22H26N4O3S2/c1-3-26(4-2)31(28,29)15-8-9-17-14(12-15)10-11-25(17)13-19-23-21(27)20-16-6-5-7-18(16)30-22(20)24-19/h8-9,12H,3-7,10-11,13H2,1-2H3,(H,23,24,27). The minimum atomic E-state index is -3.47. The zero-order valence-electron chi connectivity index (χ0n) is 17.8. The van der Waals surface area contributed by atoms with E-state index >= 15 is 0 Å². The number of aryl methyl sites for hydroxylation is 2. The summed E-state index contributed by atoms with van der Waals surface area (Å²) in [5.41, 5.74) is 3.18. The summed E-state index contributed by atoms with van der Waals surface area (Å²) in [5, 5.41) is 0.773. The van der Waals surface area contributed by atoms with E-state index in [2.05, 4.69) is 9.88 Å². The van der Waals surface area contributed by atoms with Crippen LogP contribution in [0.4, 0.5) is 5.69 Å². The Bertz CT molecular complexity index is 1320. The number of fused-ring (bicyclic) bond motifs is 4. The van der Waals surface area contributed by atoms with Gasteiger partial charge in [-0.3, -0.25) is 4.79 Å². The maximum absolute atomic E-state index is 12.9. The molecular weight excluding hydrogens is 432 g/mol. The second-order valence-corrected chi connectivity index (χ2v) is 11.1. The minimum absolute atomic E-state index is 0.0421. The van der Waals surface area contributed by atoms with Gasteiger partial charge in [0.1, 0.15) is 10.7 Å². The molecule has 0 radical (unpaired) electrons. The number of nitrogens with one attached hydrogen (secondary N) is 1. The maximum atomic E-state index is 12.9. The highest BCUT2D eigenvalue weighted by Gasteiger charge is 2.27. The number of H-pyrrole nitrogens is 1. The molecule has 0 saturated heterocycles. The molecule has 0 saturated carbocycles. The molecule has 9 heteroatoms. The molecule has 0 spiro atoms. The molecule has 0 unspecified atom stereocenters. The van der Waals surface area contributed by atoms with Crippen molar-refractivity contribution in [1.82, 2.24) is 14.3 Å². The number of benzene rings is 1. The summed E-state index contributed by atoms with van der Waals surface area (Å²) in [6.07, 6.45) is 3.91. The van der Waals surface area contributed by atoms with Crippen LogP contribution in [0.5, 0.6) is 0 Å². The van der Waals surface area contributed by atoms with Crippen LogP contribution in [0, 0.1) is 0 Å². The minimum Gasteiger partial charge on any atom is -0.364 e. The van der Waals surface area contributed by atoms with E-state index in [0.29, 0.717) is 30.4 Å². The number of nitrogens with zero attached hydrogens (tertiary/aromatic N) is 3. The van der Waals surface area contributed by atoms with Gasteiger partial charge in [-0.1, -0.05) is 13.8 Å². The Morgan fingerprint density at radius 2 is 2.00 bits per heavy atom. The summed E-state index contributed by atoms with van der Waals surface area (Å²) in [6.45, 7) is 5.88. The molecule has 31 heavy (non-hydrogen) atoms. The van der Waals surface area contributed by atoms with Gasteiger partial charge in [-0.25, -0.2) is 13.4 Å². The maximum Gasteiger partial charge on any atom is 0.259 e. The first-order chi connectivity index (χ1) is 14.9. The predicted octanol–water partition coefficient (Wildman–Crippen LogP) is 3.07. The van der Waals surface area contributed by atoms with Crippen LogP contribution < -0.4 is 10.5 Å². The number of thiophene rings is 1. The van der Waals surface area contributed by atoms with E-state index in [1.54, 1.807) is 23.5 Å². The van der Waals surface area contributed by atoms with Gasteiger partial charge >= 0.3 is 0 Å². The van der Waals surface area contributed by atoms with Gasteiger partial charge in [-0.15, -0.1) is 11.3 Å². The monoisotopic (exact) mass is 458 g/mol. The van der Waals surface area contributed by atoms with Gasteiger partial charge in [0, 0.05) is 30.2 Å².